The molecule has 0 aromatic carbocycles. The number of amides is 1. The highest BCUT2D eigenvalue weighted by Gasteiger charge is 2.25. The van der Waals surface area contributed by atoms with E-state index in [2.05, 4.69) is 22.2 Å². The molecule has 1 heterocycles. The van der Waals surface area contributed by atoms with Crippen LogP contribution in [-0.4, -0.2) is 22.4 Å². The monoisotopic (exact) mass is 251 g/mol. The lowest BCUT2D eigenvalue weighted by molar-refractivity contribution is -0.125. The summed E-state index contributed by atoms with van der Waals surface area (Å²) in [7, 11) is 0. The van der Waals surface area contributed by atoms with Crippen LogP contribution in [0.1, 0.15) is 32.8 Å². The van der Waals surface area contributed by atoms with Crippen molar-refractivity contribution >= 4 is 17.5 Å². The van der Waals surface area contributed by atoms with Gasteiger partial charge >= 0.3 is 0 Å². The van der Waals surface area contributed by atoms with Crippen LogP contribution in [0.15, 0.2) is 6.33 Å². The summed E-state index contributed by atoms with van der Waals surface area (Å²) in [6.45, 7) is 6.04. The molecule has 0 saturated heterocycles. The summed E-state index contributed by atoms with van der Waals surface area (Å²) in [5.74, 6) is 0.805. The number of nitrogens with zero attached hydrogens (tertiary/aromatic N) is 2. The molecule has 6 nitrogen and oxygen atoms in total. The SMILES string of the molecule is CCCc1c(N)ncnc1NCC(C)(C)C(N)=O. The van der Waals surface area contributed by atoms with E-state index in [0.29, 0.717) is 18.2 Å². The standard InChI is InChI=1S/C12H21N5O/c1-4-5-8-9(13)16-7-17-10(8)15-6-12(2,3)11(14)18/h7H,4-6H2,1-3H3,(H2,14,18)(H3,13,15,16,17). The topological polar surface area (TPSA) is 107 Å². The van der Waals surface area contributed by atoms with Crippen molar-refractivity contribution in [1.29, 1.82) is 0 Å². The van der Waals surface area contributed by atoms with Crippen molar-refractivity contribution in [3.63, 3.8) is 0 Å². The highest BCUT2D eigenvalue weighted by Crippen LogP contribution is 2.21. The third kappa shape index (κ3) is 3.32. The number of hydrogen-bond acceptors (Lipinski definition) is 5. The minimum absolute atomic E-state index is 0.353. The number of rotatable bonds is 6. The van der Waals surface area contributed by atoms with Gasteiger partial charge in [-0.25, -0.2) is 9.97 Å². The van der Waals surface area contributed by atoms with Crippen LogP contribution in [0.2, 0.25) is 0 Å². The van der Waals surface area contributed by atoms with Crippen molar-refractivity contribution in [3.8, 4) is 0 Å². The number of carbonyl (C=O) groups is 1. The second-order valence-electron chi connectivity index (χ2n) is 4.94. The van der Waals surface area contributed by atoms with Crippen LogP contribution in [0.4, 0.5) is 11.6 Å². The second kappa shape index (κ2) is 5.66. The predicted octanol–water partition coefficient (Wildman–Crippen LogP) is 0.935. The van der Waals surface area contributed by atoms with Gasteiger partial charge in [0.15, 0.2) is 0 Å². The quantitative estimate of drug-likeness (QED) is 0.697. The molecule has 0 atom stereocenters. The smallest absolute Gasteiger partial charge is 0.224 e. The Balaban J connectivity index is 2.85. The molecular weight excluding hydrogens is 230 g/mol. The average Bonchev–Trinajstić information content (AvgIpc) is 2.30. The maximum Gasteiger partial charge on any atom is 0.224 e. The number of primary amides is 1. The molecule has 0 saturated carbocycles. The molecule has 6 heteroatoms. The van der Waals surface area contributed by atoms with Crippen LogP contribution in [0.25, 0.3) is 0 Å². The van der Waals surface area contributed by atoms with Crippen molar-refractivity contribution in [2.45, 2.75) is 33.6 Å². The number of nitrogens with one attached hydrogen (secondary N) is 1. The fourth-order valence-electron chi connectivity index (χ4n) is 1.47. The van der Waals surface area contributed by atoms with E-state index in [4.69, 9.17) is 11.5 Å². The summed E-state index contributed by atoms with van der Waals surface area (Å²) < 4.78 is 0. The first-order valence-corrected chi connectivity index (χ1v) is 6.01. The minimum atomic E-state index is -0.636. The molecule has 5 N–H and O–H groups in total. The number of nitrogen functional groups attached to an aromatic ring is 1. The van der Waals surface area contributed by atoms with E-state index >= 15 is 0 Å². The molecule has 0 unspecified atom stereocenters. The molecule has 18 heavy (non-hydrogen) atoms. The van der Waals surface area contributed by atoms with Gasteiger partial charge in [0, 0.05) is 12.1 Å². The van der Waals surface area contributed by atoms with Crippen LogP contribution < -0.4 is 16.8 Å². The molecule has 0 bridgehead atoms. The molecule has 0 radical (unpaired) electrons. The molecule has 1 aromatic heterocycles. The lowest BCUT2D eigenvalue weighted by Gasteiger charge is -2.22. The number of carbonyl (C=O) groups excluding carboxylic acids is 1. The summed E-state index contributed by atoms with van der Waals surface area (Å²) in [4.78, 5) is 19.4. The van der Waals surface area contributed by atoms with Crippen LogP contribution in [0, 0.1) is 5.41 Å². The Morgan fingerprint density at radius 1 is 1.44 bits per heavy atom. The minimum Gasteiger partial charge on any atom is -0.383 e. The molecule has 0 spiro atoms. The Labute approximate surface area is 107 Å². The number of anilines is 2. The van der Waals surface area contributed by atoms with E-state index in [9.17, 15) is 4.79 Å². The largest absolute Gasteiger partial charge is 0.383 e. The van der Waals surface area contributed by atoms with Gasteiger partial charge in [0.05, 0.1) is 5.41 Å². The summed E-state index contributed by atoms with van der Waals surface area (Å²) in [6.07, 6.45) is 3.16. The van der Waals surface area contributed by atoms with Crippen molar-refractivity contribution in [2.75, 3.05) is 17.6 Å². The van der Waals surface area contributed by atoms with E-state index in [1.165, 1.54) is 6.33 Å². The number of aromatic nitrogens is 2. The van der Waals surface area contributed by atoms with Crippen molar-refractivity contribution < 1.29 is 4.79 Å². The van der Waals surface area contributed by atoms with Crippen molar-refractivity contribution in [2.24, 2.45) is 11.1 Å². The van der Waals surface area contributed by atoms with Gasteiger partial charge in [-0.3, -0.25) is 4.79 Å². The Bertz CT molecular complexity index is 430. The van der Waals surface area contributed by atoms with E-state index in [-0.39, 0.29) is 5.91 Å². The molecular formula is C12H21N5O. The molecule has 1 rings (SSSR count). The number of hydrogen-bond donors (Lipinski definition) is 3. The zero-order valence-corrected chi connectivity index (χ0v) is 11.2. The molecule has 100 valence electrons. The zero-order valence-electron chi connectivity index (χ0n) is 11.2. The van der Waals surface area contributed by atoms with E-state index in [1.54, 1.807) is 13.8 Å². The summed E-state index contributed by atoms with van der Waals surface area (Å²) in [6, 6.07) is 0. The molecule has 0 aliphatic heterocycles. The fraction of sp³-hybridized carbons (Fsp3) is 0.583. The van der Waals surface area contributed by atoms with E-state index in [1.807, 2.05) is 0 Å². The first-order chi connectivity index (χ1) is 8.38. The molecule has 1 aromatic rings. The number of nitrogens with two attached hydrogens (primary N) is 2. The molecule has 0 aliphatic rings. The molecule has 0 fully saturated rings. The zero-order chi connectivity index (χ0) is 13.8. The normalized spacial score (nSPS) is 11.3. The fourth-order valence-corrected chi connectivity index (χ4v) is 1.47. The van der Waals surface area contributed by atoms with Gasteiger partial charge in [-0.15, -0.1) is 0 Å². The van der Waals surface area contributed by atoms with Crippen molar-refractivity contribution in [1.82, 2.24) is 9.97 Å². The Morgan fingerprint density at radius 2 is 2.11 bits per heavy atom. The predicted molar refractivity (Wildman–Crippen MR) is 71.9 cm³/mol. The van der Waals surface area contributed by atoms with E-state index < -0.39 is 5.41 Å². The first kappa shape index (κ1) is 14.2. The van der Waals surface area contributed by atoms with E-state index in [0.717, 1.165) is 18.4 Å². The summed E-state index contributed by atoms with van der Waals surface area (Å²) in [5.41, 5.74) is 11.4. The summed E-state index contributed by atoms with van der Waals surface area (Å²) in [5, 5.41) is 3.13. The van der Waals surface area contributed by atoms with Gasteiger partial charge in [0.1, 0.15) is 18.0 Å². The highest BCUT2D eigenvalue weighted by molar-refractivity contribution is 5.80. The van der Waals surface area contributed by atoms with Gasteiger partial charge in [0.2, 0.25) is 5.91 Å². The third-order valence-corrected chi connectivity index (χ3v) is 2.84. The van der Waals surface area contributed by atoms with Crippen LogP contribution >= 0.6 is 0 Å². The van der Waals surface area contributed by atoms with Crippen molar-refractivity contribution in [3.05, 3.63) is 11.9 Å². The van der Waals surface area contributed by atoms with Crippen LogP contribution in [0.5, 0.6) is 0 Å². The Morgan fingerprint density at radius 3 is 2.67 bits per heavy atom. The van der Waals surface area contributed by atoms with Gasteiger partial charge in [-0.2, -0.15) is 0 Å². The maximum atomic E-state index is 11.2. The summed E-state index contributed by atoms with van der Waals surface area (Å²) >= 11 is 0. The lowest BCUT2D eigenvalue weighted by atomic mass is 9.93. The van der Waals surface area contributed by atoms with Crippen LogP contribution in [0.3, 0.4) is 0 Å². The first-order valence-electron chi connectivity index (χ1n) is 6.01. The lowest BCUT2D eigenvalue weighted by Crippen LogP contribution is -2.37. The van der Waals surface area contributed by atoms with Gasteiger partial charge < -0.3 is 16.8 Å². The van der Waals surface area contributed by atoms with Crippen LogP contribution in [-0.2, 0) is 11.2 Å². The van der Waals surface area contributed by atoms with Gasteiger partial charge in [-0.05, 0) is 20.3 Å². The van der Waals surface area contributed by atoms with Gasteiger partial charge in [0.25, 0.3) is 0 Å². The Hall–Kier alpha value is -1.85. The average molecular weight is 251 g/mol. The maximum absolute atomic E-state index is 11.2. The molecule has 0 aliphatic carbocycles. The third-order valence-electron chi connectivity index (χ3n) is 2.84. The van der Waals surface area contributed by atoms with Gasteiger partial charge in [-0.1, -0.05) is 13.3 Å². The Kier molecular flexibility index (Phi) is 4.47. The highest BCUT2D eigenvalue weighted by atomic mass is 16.1. The second-order valence-corrected chi connectivity index (χ2v) is 4.94. The molecule has 1 amide bonds.